The Balaban J connectivity index is 1.53. The Morgan fingerprint density at radius 3 is 2.67 bits per heavy atom. The third-order valence-corrected chi connectivity index (χ3v) is 7.71. The van der Waals surface area contributed by atoms with Gasteiger partial charge in [-0.3, -0.25) is 14.4 Å². The van der Waals surface area contributed by atoms with E-state index in [1.165, 1.54) is 0 Å². The second-order valence-electron chi connectivity index (χ2n) is 10.0. The van der Waals surface area contributed by atoms with Crippen molar-refractivity contribution in [2.75, 3.05) is 26.3 Å². The molecule has 1 aromatic rings. The fourth-order valence-corrected chi connectivity index (χ4v) is 6.04. The predicted molar refractivity (Wildman–Crippen MR) is 131 cm³/mol. The SMILES string of the molecule is O=C1OCCCC/C=C\[C@H]2O[C@]34C=CCN(Cc5ccccc5)C(=O)C3N(CCCCO)C(=O)[C@@H]4[C@@H]12. The van der Waals surface area contributed by atoms with Gasteiger partial charge in [-0.15, -0.1) is 0 Å². The largest absolute Gasteiger partial charge is 0.465 e. The normalized spacial score (nSPS) is 33.0. The number of fused-ring (bicyclic) bond motifs is 2. The minimum Gasteiger partial charge on any atom is -0.465 e. The Morgan fingerprint density at radius 1 is 1.03 bits per heavy atom. The smallest absolute Gasteiger partial charge is 0.312 e. The van der Waals surface area contributed by atoms with Crippen molar-refractivity contribution in [1.82, 2.24) is 9.80 Å². The molecule has 8 nitrogen and oxygen atoms in total. The van der Waals surface area contributed by atoms with Crippen LogP contribution in [0.25, 0.3) is 0 Å². The highest BCUT2D eigenvalue weighted by molar-refractivity contribution is 5.99. The average Bonchev–Trinajstić information content (AvgIpc) is 3.27. The van der Waals surface area contributed by atoms with Crippen molar-refractivity contribution < 1.29 is 29.0 Å². The molecule has 2 fully saturated rings. The average molecular weight is 495 g/mol. The second kappa shape index (κ2) is 10.6. The number of aliphatic hydroxyl groups is 1. The molecule has 0 saturated carbocycles. The number of unbranched alkanes of at least 4 members (excludes halogenated alkanes) is 1. The van der Waals surface area contributed by atoms with E-state index < -0.39 is 35.6 Å². The Labute approximate surface area is 211 Å². The lowest BCUT2D eigenvalue weighted by Gasteiger charge is -2.35. The molecule has 0 aromatic heterocycles. The van der Waals surface area contributed by atoms with E-state index in [-0.39, 0.29) is 18.4 Å². The molecule has 4 heterocycles. The third kappa shape index (κ3) is 4.37. The Bertz CT molecular complexity index is 1040. The summed E-state index contributed by atoms with van der Waals surface area (Å²) in [7, 11) is 0. The highest BCUT2D eigenvalue weighted by Crippen LogP contribution is 2.53. The van der Waals surface area contributed by atoms with Crippen LogP contribution in [0.3, 0.4) is 0 Å². The topological polar surface area (TPSA) is 96.4 Å². The van der Waals surface area contributed by atoms with Gasteiger partial charge in [-0.25, -0.2) is 0 Å². The summed E-state index contributed by atoms with van der Waals surface area (Å²) in [5.74, 6) is -2.54. The number of cyclic esters (lactones) is 1. The Morgan fingerprint density at radius 2 is 1.86 bits per heavy atom. The van der Waals surface area contributed by atoms with Crippen molar-refractivity contribution in [3.05, 3.63) is 60.2 Å². The summed E-state index contributed by atoms with van der Waals surface area (Å²) in [6.07, 6.45) is 10.6. The standard InChI is InChI=1S/C28H34N2O6/c31-17-8-7-16-30-24-26(33)29(19-20-11-4-3-5-12-20)15-10-14-28(24)23(25(30)32)22-21(36-28)13-6-1-2-9-18-35-27(22)34/h3-6,10-14,21-24,31H,1-2,7-9,15-19H2/b13-6-/t21-,22+,23+,24?,28+/m1/s1. The van der Waals surface area contributed by atoms with E-state index in [9.17, 15) is 19.5 Å². The zero-order chi connectivity index (χ0) is 25.1. The van der Waals surface area contributed by atoms with Crippen molar-refractivity contribution in [3.8, 4) is 0 Å². The summed E-state index contributed by atoms with van der Waals surface area (Å²) in [5, 5.41) is 9.31. The first-order valence-corrected chi connectivity index (χ1v) is 13.0. The molecule has 4 aliphatic heterocycles. The zero-order valence-corrected chi connectivity index (χ0v) is 20.5. The lowest BCUT2D eigenvalue weighted by molar-refractivity contribution is -0.155. The van der Waals surface area contributed by atoms with Crippen molar-refractivity contribution in [2.45, 2.75) is 56.4 Å². The number of carbonyl (C=O) groups excluding carboxylic acids is 3. The quantitative estimate of drug-likeness (QED) is 0.370. The summed E-state index contributed by atoms with van der Waals surface area (Å²) in [5.41, 5.74) is -0.248. The van der Waals surface area contributed by atoms with Crippen LogP contribution in [-0.2, 0) is 30.4 Å². The number of allylic oxidation sites excluding steroid dienone is 1. The fraction of sp³-hybridized carbons (Fsp3) is 0.536. The Kier molecular flexibility index (Phi) is 7.25. The lowest BCUT2D eigenvalue weighted by Crippen LogP contribution is -2.55. The summed E-state index contributed by atoms with van der Waals surface area (Å²) >= 11 is 0. The van der Waals surface area contributed by atoms with Crippen LogP contribution in [0, 0.1) is 11.8 Å². The summed E-state index contributed by atoms with van der Waals surface area (Å²) < 4.78 is 12.2. The highest BCUT2D eigenvalue weighted by Gasteiger charge is 2.71. The van der Waals surface area contributed by atoms with Gasteiger partial charge >= 0.3 is 5.97 Å². The molecule has 5 rings (SSSR count). The Hall–Kier alpha value is -2.97. The molecule has 8 heteroatoms. The predicted octanol–water partition coefficient (Wildman–Crippen LogP) is 2.22. The monoisotopic (exact) mass is 494 g/mol. The number of likely N-dealkylation sites (tertiary alicyclic amines) is 1. The molecule has 1 unspecified atom stereocenters. The summed E-state index contributed by atoms with van der Waals surface area (Å²) in [6.45, 7) is 1.43. The zero-order valence-electron chi connectivity index (χ0n) is 20.5. The van der Waals surface area contributed by atoms with Gasteiger partial charge in [0.25, 0.3) is 0 Å². The molecule has 192 valence electrons. The van der Waals surface area contributed by atoms with Gasteiger partial charge in [-0.1, -0.05) is 54.6 Å². The van der Waals surface area contributed by atoms with Crippen LogP contribution in [0.15, 0.2) is 54.6 Å². The first-order valence-electron chi connectivity index (χ1n) is 13.0. The number of benzene rings is 1. The number of hydrogen-bond donors (Lipinski definition) is 1. The number of aliphatic hydroxyl groups excluding tert-OH is 1. The molecule has 2 amide bonds. The van der Waals surface area contributed by atoms with Crippen LogP contribution in [0.1, 0.15) is 37.7 Å². The highest BCUT2D eigenvalue weighted by atomic mass is 16.6. The second-order valence-corrected chi connectivity index (χ2v) is 10.0. The number of hydrogen-bond acceptors (Lipinski definition) is 6. The number of carbonyl (C=O) groups is 3. The molecule has 4 aliphatic rings. The molecule has 5 atom stereocenters. The fourth-order valence-electron chi connectivity index (χ4n) is 6.04. The van der Waals surface area contributed by atoms with E-state index in [1.54, 1.807) is 9.80 Å². The number of rotatable bonds is 6. The minimum atomic E-state index is -1.24. The van der Waals surface area contributed by atoms with E-state index in [0.717, 1.165) is 24.8 Å². The molecule has 2 saturated heterocycles. The minimum absolute atomic E-state index is 0.00751. The molecule has 0 aliphatic carbocycles. The van der Waals surface area contributed by atoms with Crippen LogP contribution in [0.2, 0.25) is 0 Å². The van der Waals surface area contributed by atoms with E-state index in [4.69, 9.17) is 9.47 Å². The van der Waals surface area contributed by atoms with Gasteiger partial charge in [0, 0.05) is 26.2 Å². The maximum atomic E-state index is 14.1. The van der Waals surface area contributed by atoms with E-state index in [2.05, 4.69) is 0 Å². The van der Waals surface area contributed by atoms with Crippen molar-refractivity contribution in [2.24, 2.45) is 11.8 Å². The molecule has 36 heavy (non-hydrogen) atoms. The van der Waals surface area contributed by atoms with Crippen LogP contribution >= 0.6 is 0 Å². The maximum Gasteiger partial charge on any atom is 0.312 e. The molecule has 1 spiro atoms. The molecular weight excluding hydrogens is 460 g/mol. The van der Waals surface area contributed by atoms with Gasteiger partial charge in [0.2, 0.25) is 11.8 Å². The molecular formula is C28H34N2O6. The van der Waals surface area contributed by atoms with Crippen LogP contribution in [-0.4, -0.2) is 76.7 Å². The van der Waals surface area contributed by atoms with Gasteiger partial charge in [0.15, 0.2) is 0 Å². The molecule has 0 bridgehead atoms. The van der Waals surface area contributed by atoms with Crippen molar-refractivity contribution in [3.63, 3.8) is 0 Å². The van der Waals surface area contributed by atoms with Gasteiger partial charge in [0.05, 0.1) is 18.6 Å². The number of ether oxygens (including phenoxy) is 2. The van der Waals surface area contributed by atoms with Gasteiger partial charge in [-0.05, 0) is 37.7 Å². The van der Waals surface area contributed by atoms with Gasteiger partial charge < -0.3 is 24.4 Å². The number of amides is 2. The molecule has 1 aromatic carbocycles. The summed E-state index contributed by atoms with van der Waals surface area (Å²) in [4.78, 5) is 44.7. The van der Waals surface area contributed by atoms with Crippen LogP contribution in [0.5, 0.6) is 0 Å². The summed E-state index contributed by atoms with van der Waals surface area (Å²) in [6, 6.07) is 8.87. The third-order valence-electron chi connectivity index (χ3n) is 7.71. The van der Waals surface area contributed by atoms with Gasteiger partial charge in [-0.2, -0.15) is 0 Å². The van der Waals surface area contributed by atoms with Crippen molar-refractivity contribution in [1.29, 1.82) is 0 Å². The number of esters is 1. The maximum absolute atomic E-state index is 14.1. The van der Waals surface area contributed by atoms with E-state index >= 15 is 0 Å². The van der Waals surface area contributed by atoms with Gasteiger partial charge in [0.1, 0.15) is 17.6 Å². The first-order chi connectivity index (χ1) is 17.6. The molecule has 1 N–H and O–H groups in total. The van der Waals surface area contributed by atoms with E-state index in [1.807, 2.05) is 54.6 Å². The first kappa shape index (κ1) is 24.7. The van der Waals surface area contributed by atoms with E-state index in [0.29, 0.717) is 39.1 Å². The molecule has 0 radical (unpaired) electrons. The number of nitrogens with zero attached hydrogens (tertiary/aromatic N) is 2. The van der Waals surface area contributed by atoms with Crippen molar-refractivity contribution >= 4 is 17.8 Å². The van der Waals surface area contributed by atoms with Crippen LogP contribution in [0.4, 0.5) is 0 Å². The van der Waals surface area contributed by atoms with Crippen LogP contribution < -0.4 is 0 Å². The lowest BCUT2D eigenvalue weighted by atomic mass is 9.78.